The lowest BCUT2D eigenvalue weighted by Crippen LogP contribution is -2.11. The molecule has 0 saturated heterocycles. The number of hydrogen-bond donors (Lipinski definition) is 1. The number of alkyl halides is 1. The Bertz CT molecular complexity index is 385. The van der Waals surface area contributed by atoms with E-state index in [1.54, 1.807) is 13.2 Å². The number of anilines is 1. The summed E-state index contributed by atoms with van der Waals surface area (Å²) in [6.07, 6.45) is 2.14. The summed E-state index contributed by atoms with van der Waals surface area (Å²) in [6, 6.07) is 5.45. The summed E-state index contributed by atoms with van der Waals surface area (Å²) in [5.74, 6) is 1.30. The van der Waals surface area contributed by atoms with Crippen LogP contribution in [0.25, 0.3) is 0 Å². The Morgan fingerprint density at radius 3 is 2.88 bits per heavy atom. The van der Waals surface area contributed by atoms with Crippen LogP contribution in [0.3, 0.4) is 0 Å². The highest BCUT2D eigenvalue weighted by Crippen LogP contribution is 2.27. The molecule has 94 valence electrons. The first-order valence-corrected chi connectivity index (χ1v) is 6.69. The second kappa shape index (κ2) is 7.56. The van der Waals surface area contributed by atoms with Crippen molar-refractivity contribution in [2.45, 2.75) is 19.3 Å². The van der Waals surface area contributed by atoms with Crippen molar-refractivity contribution < 1.29 is 9.53 Å². The molecule has 1 rings (SSSR count). The zero-order valence-electron chi connectivity index (χ0n) is 9.63. The Morgan fingerprint density at radius 1 is 1.47 bits per heavy atom. The molecule has 3 nitrogen and oxygen atoms in total. The van der Waals surface area contributed by atoms with E-state index in [0.717, 1.165) is 23.0 Å². The fourth-order valence-corrected chi connectivity index (χ4v) is 1.85. The summed E-state index contributed by atoms with van der Waals surface area (Å²) in [5.41, 5.74) is 0.722. The van der Waals surface area contributed by atoms with E-state index < -0.39 is 0 Å². The molecular weight excluding hydrogens is 305 g/mol. The molecule has 0 atom stereocenters. The monoisotopic (exact) mass is 319 g/mol. The molecule has 0 spiro atoms. The zero-order valence-corrected chi connectivity index (χ0v) is 12.0. The number of ether oxygens (including phenoxy) is 1. The smallest absolute Gasteiger partial charge is 0.224 e. The molecule has 0 aliphatic heterocycles. The molecule has 1 N–H and O–H groups in total. The van der Waals surface area contributed by atoms with E-state index in [1.807, 2.05) is 12.1 Å². The van der Waals surface area contributed by atoms with E-state index in [4.69, 9.17) is 16.3 Å². The fourth-order valence-electron chi connectivity index (χ4n) is 1.32. The second-order valence-corrected chi connectivity index (χ2v) is 4.77. The third-order valence-electron chi connectivity index (χ3n) is 2.24. The minimum absolute atomic E-state index is 0.0101. The molecule has 0 saturated carbocycles. The van der Waals surface area contributed by atoms with Crippen LogP contribution in [0, 0.1) is 0 Å². The first kappa shape index (κ1) is 14.3. The van der Waals surface area contributed by atoms with Crippen molar-refractivity contribution >= 4 is 39.1 Å². The molecule has 5 heteroatoms. The van der Waals surface area contributed by atoms with Gasteiger partial charge in [0.2, 0.25) is 5.91 Å². The Kier molecular flexibility index (Phi) is 6.37. The number of nitrogens with one attached hydrogen (secondary N) is 1. The van der Waals surface area contributed by atoms with Crippen molar-refractivity contribution in [3.63, 3.8) is 0 Å². The minimum atomic E-state index is -0.0101. The van der Waals surface area contributed by atoms with Gasteiger partial charge in [-0.15, -0.1) is 11.6 Å². The van der Waals surface area contributed by atoms with Crippen LogP contribution in [0.5, 0.6) is 5.75 Å². The summed E-state index contributed by atoms with van der Waals surface area (Å²) in [4.78, 5) is 11.6. The molecule has 0 aliphatic carbocycles. The fraction of sp³-hybridized carbons (Fsp3) is 0.417. The molecule has 0 unspecified atom stereocenters. The van der Waals surface area contributed by atoms with Gasteiger partial charge in [-0.25, -0.2) is 0 Å². The van der Waals surface area contributed by atoms with E-state index >= 15 is 0 Å². The number of rotatable bonds is 6. The molecule has 0 aliphatic rings. The predicted molar refractivity (Wildman–Crippen MR) is 73.9 cm³/mol. The molecular formula is C12H15BrClNO2. The van der Waals surface area contributed by atoms with Crippen LogP contribution in [0.4, 0.5) is 5.69 Å². The van der Waals surface area contributed by atoms with Crippen LogP contribution in [0.2, 0.25) is 0 Å². The lowest BCUT2D eigenvalue weighted by atomic mass is 10.2. The first-order valence-electron chi connectivity index (χ1n) is 5.36. The number of unbranched alkanes of at least 4 members (excludes halogenated alkanes) is 1. The zero-order chi connectivity index (χ0) is 12.7. The van der Waals surface area contributed by atoms with Gasteiger partial charge in [0.15, 0.2) is 0 Å². The second-order valence-electron chi connectivity index (χ2n) is 3.54. The largest absolute Gasteiger partial charge is 0.497 e. The Labute approximate surface area is 115 Å². The number of benzene rings is 1. The molecule has 1 amide bonds. The van der Waals surface area contributed by atoms with Gasteiger partial charge in [-0.3, -0.25) is 4.79 Å². The van der Waals surface area contributed by atoms with E-state index in [-0.39, 0.29) is 5.91 Å². The number of carbonyl (C=O) groups is 1. The maximum Gasteiger partial charge on any atom is 0.224 e. The van der Waals surface area contributed by atoms with Gasteiger partial charge in [0.05, 0.1) is 12.8 Å². The number of hydrogen-bond acceptors (Lipinski definition) is 2. The maximum absolute atomic E-state index is 11.6. The van der Waals surface area contributed by atoms with Gasteiger partial charge in [0, 0.05) is 22.8 Å². The topological polar surface area (TPSA) is 38.3 Å². The van der Waals surface area contributed by atoms with Crippen molar-refractivity contribution in [1.82, 2.24) is 0 Å². The average Bonchev–Trinajstić information content (AvgIpc) is 2.32. The lowest BCUT2D eigenvalue weighted by molar-refractivity contribution is -0.116. The van der Waals surface area contributed by atoms with Crippen LogP contribution in [-0.4, -0.2) is 18.9 Å². The van der Waals surface area contributed by atoms with Gasteiger partial charge in [-0.1, -0.05) is 0 Å². The highest BCUT2D eigenvalue weighted by Gasteiger charge is 2.06. The summed E-state index contributed by atoms with van der Waals surface area (Å²) < 4.78 is 5.94. The predicted octanol–water partition coefficient (Wildman–Crippen LogP) is 3.81. The number of amides is 1. The van der Waals surface area contributed by atoms with Gasteiger partial charge in [0.25, 0.3) is 0 Å². The Balaban J connectivity index is 2.57. The van der Waals surface area contributed by atoms with Crippen molar-refractivity contribution in [2.75, 3.05) is 18.3 Å². The van der Waals surface area contributed by atoms with Crippen molar-refractivity contribution in [1.29, 1.82) is 0 Å². The molecule has 1 aromatic rings. The van der Waals surface area contributed by atoms with Crippen LogP contribution in [0.15, 0.2) is 22.7 Å². The molecule has 0 fully saturated rings. The SMILES string of the molecule is COc1ccc(Br)c(NC(=O)CCCCCl)c1. The summed E-state index contributed by atoms with van der Waals surface area (Å²) in [7, 11) is 1.59. The summed E-state index contributed by atoms with van der Waals surface area (Å²) >= 11 is 8.93. The number of methoxy groups -OCH3 is 1. The highest BCUT2D eigenvalue weighted by molar-refractivity contribution is 9.10. The minimum Gasteiger partial charge on any atom is -0.497 e. The van der Waals surface area contributed by atoms with Crippen molar-refractivity contribution in [3.05, 3.63) is 22.7 Å². The van der Waals surface area contributed by atoms with Crippen molar-refractivity contribution in [2.24, 2.45) is 0 Å². The molecule has 1 aromatic carbocycles. The Hall–Kier alpha value is -0.740. The van der Waals surface area contributed by atoms with Crippen LogP contribution in [-0.2, 0) is 4.79 Å². The standard InChI is InChI=1S/C12H15BrClNO2/c1-17-9-5-6-10(13)11(8-9)15-12(16)4-2-3-7-14/h5-6,8H,2-4,7H2,1H3,(H,15,16). The molecule has 0 radical (unpaired) electrons. The van der Waals surface area contributed by atoms with Gasteiger partial charge < -0.3 is 10.1 Å². The summed E-state index contributed by atoms with van der Waals surface area (Å²) in [6.45, 7) is 0. The van der Waals surface area contributed by atoms with Gasteiger partial charge in [-0.2, -0.15) is 0 Å². The van der Waals surface area contributed by atoms with E-state index in [0.29, 0.717) is 18.1 Å². The van der Waals surface area contributed by atoms with E-state index in [1.165, 1.54) is 0 Å². The third kappa shape index (κ3) is 4.96. The third-order valence-corrected chi connectivity index (χ3v) is 3.19. The van der Waals surface area contributed by atoms with E-state index in [9.17, 15) is 4.79 Å². The first-order chi connectivity index (χ1) is 8.17. The molecule has 0 bridgehead atoms. The van der Waals surface area contributed by atoms with Gasteiger partial charge >= 0.3 is 0 Å². The highest BCUT2D eigenvalue weighted by atomic mass is 79.9. The van der Waals surface area contributed by atoms with Crippen LogP contribution in [0.1, 0.15) is 19.3 Å². The lowest BCUT2D eigenvalue weighted by Gasteiger charge is -2.09. The van der Waals surface area contributed by atoms with Crippen molar-refractivity contribution in [3.8, 4) is 5.75 Å². The van der Waals surface area contributed by atoms with Gasteiger partial charge in [0.1, 0.15) is 5.75 Å². The Morgan fingerprint density at radius 2 is 2.24 bits per heavy atom. The molecule has 0 aromatic heterocycles. The summed E-state index contributed by atoms with van der Waals surface area (Å²) in [5, 5.41) is 2.83. The van der Waals surface area contributed by atoms with E-state index in [2.05, 4.69) is 21.2 Å². The number of carbonyl (C=O) groups excluding carboxylic acids is 1. The average molecular weight is 321 g/mol. The quantitative estimate of drug-likeness (QED) is 0.639. The van der Waals surface area contributed by atoms with Gasteiger partial charge in [-0.05, 0) is 40.9 Å². The molecule has 0 heterocycles. The normalized spacial score (nSPS) is 10.1. The van der Waals surface area contributed by atoms with Crippen LogP contribution >= 0.6 is 27.5 Å². The number of halogens is 2. The maximum atomic E-state index is 11.6. The molecule has 17 heavy (non-hydrogen) atoms. The van der Waals surface area contributed by atoms with Crippen LogP contribution < -0.4 is 10.1 Å².